The molecule has 0 saturated heterocycles. The van der Waals surface area contributed by atoms with Crippen molar-refractivity contribution in [2.75, 3.05) is 16.8 Å². The van der Waals surface area contributed by atoms with E-state index in [1.165, 1.54) is 11.3 Å². The summed E-state index contributed by atoms with van der Waals surface area (Å²) in [5.74, 6) is -0.190. The van der Waals surface area contributed by atoms with Gasteiger partial charge < -0.3 is 4.90 Å². The first-order chi connectivity index (χ1) is 16.0. The van der Waals surface area contributed by atoms with Crippen molar-refractivity contribution in [3.05, 3.63) is 94.1 Å². The van der Waals surface area contributed by atoms with E-state index < -0.39 is 0 Å². The molecule has 0 unspecified atom stereocenters. The van der Waals surface area contributed by atoms with Crippen LogP contribution in [0.15, 0.2) is 67.0 Å². The summed E-state index contributed by atoms with van der Waals surface area (Å²) in [5, 5.41) is 3.43. The van der Waals surface area contributed by atoms with Crippen LogP contribution >= 0.6 is 11.3 Å². The smallest absolute Gasteiger partial charge is 0.258 e. The molecule has 3 heterocycles. The second-order valence-corrected chi connectivity index (χ2v) is 9.23. The third-order valence-corrected chi connectivity index (χ3v) is 6.64. The summed E-state index contributed by atoms with van der Waals surface area (Å²) in [6, 6.07) is 17.1. The van der Waals surface area contributed by atoms with Crippen LogP contribution in [0.25, 0.3) is 11.3 Å². The largest absolute Gasteiger partial charge is 0.308 e. The van der Waals surface area contributed by atoms with Gasteiger partial charge in [0.15, 0.2) is 5.13 Å². The minimum absolute atomic E-state index is 0.0208. The Morgan fingerprint density at radius 2 is 1.73 bits per heavy atom. The van der Waals surface area contributed by atoms with E-state index in [-0.39, 0.29) is 11.8 Å². The molecule has 0 saturated carbocycles. The zero-order valence-electron chi connectivity index (χ0n) is 18.3. The molecule has 4 aromatic rings. The number of fused-ring (bicyclic) bond motifs is 1. The second-order valence-electron chi connectivity index (χ2n) is 8.03. The molecular weight excluding hydrogens is 432 g/mol. The molecular formula is C26H22N4O2S. The third kappa shape index (κ3) is 4.15. The van der Waals surface area contributed by atoms with Crippen molar-refractivity contribution >= 4 is 34.0 Å². The van der Waals surface area contributed by atoms with Crippen LogP contribution in [0.3, 0.4) is 0 Å². The van der Waals surface area contributed by atoms with Gasteiger partial charge in [0.1, 0.15) is 0 Å². The van der Waals surface area contributed by atoms with Crippen molar-refractivity contribution in [1.82, 2.24) is 9.97 Å². The minimum atomic E-state index is -0.211. The average molecular weight is 455 g/mol. The van der Waals surface area contributed by atoms with Crippen molar-refractivity contribution in [2.45, 2.75) is 20.3 Å². The zero-order valence-corrected chi connectivity index (χ0v) is 19.1. The molecule has 5 rings (SSSR count). The Bertz CT molecular complexity index is 1350. The third-order valence-electron chi connectivity index (χ3n) is 5.75. The van der Waals surface area contributed by atoms with Gasteiger partial charge in [-0.1, -0.05) is 23.8 Å². The molecule has 164 valence electrons. The highest BCUT2D eigenvalue weighted by Crippen LogP contribution is 2.36. The highest BCUT2D eigenvalue weighted by Gasteiger charge is 2.26. The topological polar surface area (TPSA) is 75.2 Å². The number of pyridine rings is 1. The van der Waals surface area contributed by atoms with Crippen LogP contribution in [0.5, 0.6) is 0 Å². The molecule has 7 heteroatoms. The summed E-state index contributed by atoms with van der Waals surface area (Å²) < 4.78 is 0. The van der Waals surface area contributed by atoms with Crippen LogP contribution in [-0.2, 0) is 6.42 Å². The van der Waals surface area contributed by atoms with Gasteiger partial charge in [-0.15, -0.1) is 11.3 Å². The van der Waals surface area contributed by atoms with E-state index in [4.69, 9.17) is 0 Å². The van der Waals surface area contributed by atoms with Gasteiger partial charge in [0.05, 0.1) is 5.69 Å². The predicted molar refractivity (Wildman–Crippen MR) is 131 cm³/mol. The van der Waals surface area contributed by atoms with Crippen molar-refractivity contribution < 1.29 is 9.59 Å². The van der Waals surface area contributed by atoms with E-state index in [2.05, 4.69) is 21.4 Å². The molecule has 1 N–H and O–H groups in total. The number of anilines is 2. The number of nitrogens with one attached hydrogen (secondary N) is 1. The predicted octanol–water partition coefficient (Wildman–Crippen LogP) is 5.28. The van der Waals surface area contributed by atoms with E-state index in [1.54, 1.807) is 24.5 Å². The Morgan fingerprint density at radius 3 is 2.48 bits per heavy atom. The number of hydrogen-bond acceptors (Lipinski definition) is 5. The molecule has 2 aromatic heterocycles. The van der Waals surface area contributed by atoms with Gasteiger partial charge in [-0.3, -0.25) is 19.9 Å². The molecule has 0 fully saturated rings. The van der Waals surface area contributed by atoms with Crippen LogP contribution < -0.4 is 10.2 Å². The molecule has 0 bridgehead atoms. The lowest BCUT2D eigenvalue weighted by Gasteiger charge is -2.17. The summed E-state index contributed by atoms with van der Waals surface area (Å²) >= 11 is 1.45. The van der Waals surface area contributed by atoms with Crippen LogP contribution in [0, 0.1) is 13.8 Å². The lowest BCUT2D eigenvalue weighted by molar-refractivity contribution is 0.0987. The van der Waals surface area contributed by atoms with Crippen LogP contribution in [-0.4, -0.2) is 28.3 Å². The number of carbonyl (C=O) groups excluding carboxylic acids is 2. The monoisotopic (exact) mass is 454 g/mol. The molecule has 1 aliphatic heterocycles. The number of rotatable bonds is 4. The number of aromatic nitrogens is 2. The summed E-state index contributed by atoms with van der Waals surface area (Å²) in [6.45, 7) is 4.67. The summed E-state index contributed by atoms with van der Waals surface area (Å²) in [6.07, 6.45) is 3.98. The summed E-state index contributed by atoms with van der Waals surface area (Å²) in [7, 11) is 0. The molecule has 2 aromatic carbocycles. The Hall–Kier alpha value is -3.84. The first-order valence-corrected chi connectivity index (χ1v) is 11.5. The fraction of sp³-hybridized carbons (Fsp3) is 0.154. The van der Waals surface area contributed by atoms with Gasteiger partial charge in [-0.2, -0.15) is 0 Å². The maximum absolute atomic E-state index is 13.0. The molecule has 0 radical (unpaired) electrons. The number of nitrogens with zero attached hydrogens (tertiary/aromatic N) is 3. The number of aryl methyl sites for hydroxylation is 2. The van der Waals surface area contributed by atoms with E-state index >= 15 is 0 Å². The summed E-state index contributed by atoms with van der Waals surface area (Å²) in [5.41, 5.74) is 6.27. The average Bonchev–Trinajstić information content (AvgIpc) is 3.42. The normalized spacial score (nSPS) is 12.5. The van der Waals surface area contributed by atoms with Gasteiger partial charge >= 0.3 is 0 Å². The molecule has 0 spiro atoms. The molecule has 33 heavy (non-hydrogen) atoms. The van der Waals surface area contributed by atoms with Gasteiger partial charge in [0, 0.05) is 46.2 Å². The standard InChI is InChI=1S/C26H22N4O2S/c1-16-3-5-19(6-4-16)25(32)30-14-11-20-15-21(7-8-22(20)30)23-17(2)33-26(28-23)29-24(31)18-9-12-27-13-10-18/h3-10,12-13,15H,11,14H2,1-2H3,(H,28,29,31). The minimum Gasteiger partial charge on any atom is -0.308 e. The second kappa shape index (κ2) is 8.60. The molecule has 0 atom stereocenters. The van der Waals surface area contributed by atoms with Crippen molar-refractivity contribution in [3.63, 3.8) is 0 Å². The molecule has 2 amide bonds. The highest BCUT2D eigenvalue weighted by molar-refractivity contribution is 7.16. The first-order valence-electron chi connectivity index (χ1n) is 10.7. The molecule has 6 nitrogen and oxygen atoms in total. The maximum Gasteiger partial charge on any atom is 0.258 e. The van der Waals surface area contributed by atoms with Crippen LogP contribution in [0.1, 0.15) is 36.7 Å². The van der Waals surface area contributed by atoms with Crippen molar-refractivity contribution in [1.29, 1.82) is 0 Å². The highest BCUT2D eigenvalue weighted by atomic mass is 32.1. The van der Waals surface area contributed by atoms with Crippen molar-refractivity contribution in [2.24, 2.45) is 0 Å². The number of benzene rings is 2. The Labute approximate surface area is 195 Å². The first kappa shape index (κ1) is 21.0. The van der Waals surface area contributed by atoms with Gasteiger partial charge in [0.25, 0.3) is 11.8 Å². The Morgan fingerprint density at radius 1 is 0.970 bits per heavy atom. The lowest BCUT2D eigenvalue weighted by Crippen LogP contribution is -2.28. The summed E-state index contributed by atoms with van der Waals surface area (Å²) in [4.78, 5) is 37.0. The van der Waals surface area contributed by atoms with E-state index in [1.807, 2.05) is 55.1 Å². The lowest BCUT2D eigenvalue weighted by atomic mass is 10.1. The fourth-order valence-electron chi connectivity index (χ4n) is 4.00. The van der Waals surface area contributed by atoms with Gasteiger partial charge in [-0.25, -0.2) is 4.98 Å². The number of carbonyl (C=O) groups is 2. The van der Waals surface area contributed by atoms with E-state index in [9.17, 15) is 9.59 Å². The van der Waals surface area contributed by atoms with E-state index in [0.29, 0.717) is 22.8 Å². The van der Waals surface area contributed by atoms with Crippen molar-refractivity contribution in [3.8, 4) is 11.3 Å². The van der Waals surface area contributed by atoms with Gasteiger partial charge in [-0.05, 0) is 62.2 Å². The number of amides is 2. The van der Waals surface area contributed by atoms with Crippen LogP contribution in [0.4, 0.5) is 10.8 Å². The zero-order chi connectivity index (χ0) is 22.9. The Balaban J connectivity index is 1.37. The number of hydrogen-bond donors (Lipinski definition) is 1. The Kier molecular flexibility index (Phi) is 5.48. The number of thiazole rings is 1. The molecule has 0 aliphatic carbocycles. The van der Waals surface area contributed by atoms with Gasteiger partial charge in [0.2, 0.25) is 0 Å². The molecule has 1 aliphatic rings. The maximum atomic E-state index is 13.0. The van der Waals surface area contributed by atoms with E-state index in [0.717, 1.165) is 39.4 Å². The SMILES string of the molecule is Cc1ccc(C(=O)N2CCc3cc(-c4nc(NC(=O)c5ccncc5)sc4C)ccc32)cc1. The fourth-order valence-corrected chi connectivity index (χ4v) is 4.83. The van der Waals surface area contributed by atoms with Crippen LogP contribution in [0.2, 0.25) is 0 Å². The quantitative estimate of drug-likeness (QED) is 0.455.